The summed E-state index contributed by atoms with van der Waals surface area (Å²) in [7, 11) is 0. The molecule has 26 heavy (non-hydrogen) atoms. The van der Waals surface area contributed by atoms with Crippen LogP contribution >= 0.6 is 39.1 Å². The topological polar surface area (TPSA) is 71.8 Å². The summed E-state index contributed by atoms with van der Waals surface area (Å²) in [5.74, 6) is 0.600. The maximum atomic E-state index is 12.4. The molecule has 0 saturated heterocycles. The fraction of sp³-hybridized carbons (Fsp3) is 0.0556. The van der Waals surface area contributed by atoms with Gasteiger partial charge in [0.05, 0.1) is 12.0 Å². The van der Waals surface area contributed by atoms with E-state index in [4.69, 9.17) is 27.7 Å². The molecule has 2 aromatic heterocycles. The van der Waals surface area contributed by atoms with Gasteiger partial charge in [0, 0.05) is 25.4 Å². The number of benzene rings is 2. The van der Waals surface area contributed by atoms with E-state index in [1.807, 2.05) is 18.2 Å². The summed E-state index contributed by atoms with van der Waals surface area (Å²) >= 11 is 15.4. The number of nitrogens with zero attached hydrogens (tertiary/aromatic N) is 2. The quantitative estimate of drug-likeness (QED) is 0.463. The Labute approximate surface area is 166 Å². The van der Waals surface area contributed by atoms with Gasteiger partial charge in [-0.1, -0.05) is 44.3 Å². The third-order valence-corrected chi connectivity index (χ3v) is 4.72. The Kier molecular flexibility index (Phi) is 4.56. The Morgan fingerprint density at radius 2 is 1.85 bits per heavy atom. The average molecular weight is 451 g/mol. The van der Waals surface area contributed by atoms with Crippen LogP contribution in [0.25, 0.3) is 22.3 Å². The van der Waals surface area contributed by atoms with Crippen LogP contribution in [-0.2, 0) is 6.42 Å². The van der Waals surface area contributed by atoms with Crippen LogP contribution in [0.3, 0.4) is 0 Å². The number of aromatic amines is 1. The summed E-state index contributed by atoms with van der Waals surface area (Å²) < 4.78 is 6.20. The van der Waals surface area contributed by atoms with Gasteiger partial charge in [-0.15, -0.1) is 0 Å². The number of fused-ring (bicyclic) bond motifs is 1. The largest absolute Gasteiger partial charge is 0.339 e. The van der Waals surface area contributed by atoms with Crippen LogP contribution in [-0.4, -0.2) is 15.1 Å². The first-order valence-corrected chi connectivity index (χ1v) is 9.13. The van der Waals surface area contributed by atoms with Gasteiger partial charge in [0.1, 0.15) is 0 Å². The van der Waals surface area contributed by atoms with Gasteiger partial charge in [-0.3, -0.25) is 4.79 Å². The molecule has 0 radical (unpaired) electrons. The number of H-pyrrole nitrogens is 1. The highest BCUT2D eigenvalue weighted by Gasteiger charge is 2.14. The van der Waals surface area contributed by atoms with E-state index >= 15 is 0 Å². The number of pyridine rings is 1. The first-order valence-electron chi connectivity index (χ1n) is 7.58. The smallest absolute Gasteiger partial charge is 0.259 e. The molecule has 130 valence electrons. The van der Waals surface area contributed by atoms with E-state index in [-0.39, 0.29) is 11.4 Å². The maximum absolute atomic E-state index is 12.4. The van der Waals surface area contributed by atoms with Crippen LogP contribution in [0, 0.1) is 0 Å². The Hall–Kier alpha value is -2.15. The summed E-state index contributed by atoms with van der Waals surface area (Å²) in [6, 6.07) is 12.5. The van der Waals surface area contributed by atoms with Crippen molar-refractivity contribution in [1.82, 2.24) is 15.1 Å². The average Bonchev–Trinajstić information content (AvgIpc) is 3.02. The third kappa shape index (κ3) is 3.53. The minimum Gasteiger partial charge on any atom is -0.339 e. The SMILES string of the molecule is O=c1[nH]c2ccc(Br)cc2cc1-c1noc(Cc2cc(Cl)cc(Cl)c2)n1. The highest BCUT2D eigenvalue weighted by atomic mass is 79.9. The molecule has 0 bridgehead atoms. The van der Waals surface area contributed by atoms with Crippen molar-refractivity contribution in [2.45, 2.75) is 6.42 Å². The summed E-state index contributed by atoms with van der Waals surface area (Å²) in [6.07, 6.45) is 0.365. The fourth-order valence-electron chi connectivity index (χ4n) is 2.67. The van der Waals surface area contributed by atoms with E-state index in [0.29, 0.717) is 27.9 Å². The number of nitrogens with one attached hydrogen (secondary N) is 1. The van der Waals surface area contributed by atoms with Crippen LogP contribution in [0.1, 0.15) is 11.5 Å². The van der Waals surface area contributed by atoms with Gasteiger partial charge in [0.15, 0.2) is 0 Å². The highest BCUT2D eigenvalue weighted by Crippen LogP contribution is 2.23. The predicted octanol–water partition coefficient (Wildman–Crippen LogP) is 5.24. The van der Waals surface area contributed by atoms with E-state index in [1.54, 1.807) is 24.3 Å². The lowest BCUT2D eigenvalue weighted by atomic mass is 10.1. The molecule has 2 heterocycles. The molecule has 0 atom stereocenters. The Morgan fingerprint density at radius 3 is 2.62 bits per heavy atom. The highest BCUT2D eigenvalue weighted by molar-refractivity contribution is 9.10. The zero-order valence-corrected chi connectivity index (χ0v) is 16.2. The van der Waals surface area contributed by atoms with Gasteiger partial charge in [-0.2, -0.15) is 4.98 Å². The molecule has 0 aliphatic rings. The van der Waals surface area contributed by atoms with E-state index < -0.39 is 0 Å². The number of rotatable bonds is 3. The Bertz CT molecular complexity index is 1170. The van der Waals surface area contributed by atoms with E-state index in [2.05, 4.69) is 31.1 Å². The van der Waals surface area contributed by atoms with Crippen molar-refractivity contribution in [1.29, 1.82) is 0 Å². The van der Waals surface area contributed by atoms with Crippen molar-refractivity contribution < 1.29 is 4.52 Å². The first-order chi connectivity index (χ1) is 12.5. The van der Waals surface area contributed by atoms with Crippen molar-refractivity contribution in [3.05, 3.63) is 78.8 Å². The molecule has 0 spiro atoms. The van der Waals surface area contributed by atoms with Crippen LogP contribution in [0.15, 0.2) is 56.3 Å². The van der Waals surface area contributed by atoms with Crippen molar-refractivity contribution in [3.8, 4) is 11.4 Å². The molecule has 0 aliphatic carbocycles. The first kappa shape index (κ1) is 17.3. The van der Waals surface area contributed by atoms with Crippen molar-refractivity contribution >= 4 is 50.0 Å². The molecule has 0 fully saturated rings. The van der Waals surface area contributed by atoms with Crippen molar-refractivity contribution in [2.24, 2.45) is 0 Å². The van der Waals surface area contributed by atoms with E-state index in [0.717, 1.165) is 20.9 Å². The molecule has 8 heteroatoms. The fourth-order valence-corrected chi connectivity index (χ4v) is 3.62. The van der Waals surface area contributed by atoms with Gasteiger partial charge in [-0.05, 0) is 48.0 Å². The summed E-state index contributed by atoms with van der Waals surface area (Å²) in [5.41, 5.74) is 1.64. The normalized spacial score (nSPS) is 11.2. The van der Waals surface area contributed by atoms with Crippen LogP contribution in [0.4, 0.5) is 0 Å². The lowest BCUT2D eigenvalue weighted by Crippen LogP contribution is -2.09. The van der Waals surface area contributed by atoms with Crippen LogP contribution < -0.4 is 5.56 Å². The molecular weight excluding hydrogens is 441 g/mol. The third-order valence-electron chi connectivity index (χ3n) is 3.79. The molecule has 4 aromatic rings. The van der Waals surface area contributed by atoms with Gasteiger partial charge >= 0.3 is 0 Å². The zero-order chi connectivity index (χ0) is 18.3. The van der Waals surface area contributed by atoms with Gasteiger partial charge in [0.2, 0.25) is 11.7 Å². The van der Waals surface area contributed by atoms with Gasteiger partial charge < -0.3 is 9.51 Å². The summed E-state index contributed by atoms with van der Waals surface area (Å²) in [4.78, 5) is 19.5. The molecule has 0 aliphatic heterocycles. The van der Waals surface area contributed by atoms with Crippen molar-refractivity contribution in [3.63, 3.8) is 0 Å². The molecule has 4 rings (SSSR count). The lowest BCUT2D eigenvalue weighted by molar-refractivity contribution is 0.385. The maximum Gasteiger partial charge on any atom is 0.259 e. The van der Waals surface area contributed by atoms with Crippen LogP contribution in [0.5, 0.6) is 0 Å². The van der Waals surface area contributed by atoms with Crippen LogP contribution in [0.2, 0.25) is 10.0 Å². The molecule has 0 unspecified atom stereocenters. The number of aromatic nitrogens is 3. The Morgan fingerprint density at radius 1 is 1.08 bits per heavy atom. The van der Waals surface area contributed by atoms with Gasteiger partial charge in [0.25, 0.3) is 5.56 Å². The minimum absolute atomic E-state index is 0.233. The van der Waals surface area contributed by atoms with E-state index in [1.165, 1.54) is 0 Å². The second-order valence-corrected chi connectivity index (χ2v) is 7.50. The lowest BCUT2D eigenvalue weighted by Gasteiger charge is -2.01. The zero-order valence-electron chi connectivity index (χ0n) is 13.1. The Balaban J connectivity index is 1.70. The number of hydrogen-bond acceptors (Lipinski definition) is 4. The molecule has 0 amide bonds. The molecule has 1 N–H and O–H groups in total. The van der Waals surface area contributed by atoms with E-state index in [9.17, 15) is 4.79 Å². The second kappa shape index (κ2) is 6.87. The predicted molar refractivity (Wildman–Crippen MR) is 105 cm³/mol. The standard InChI is InChI=1S/C18H10BrCl2N3O2/c19-11-1-2-15-10(6-11)7-14(18(25)22-15)17-23-16(26-24-17)5-9-3-12(20)8-13(21)4-9/h1-4,6-8H,5H2,(H,22,25). The number of hydrogen-bond donors (Lipinski definition) is 1. The molecular formula is C18H10BrCl2N3O2. The molecule has 5 nitrogen and oxygen atoms in total. The summed E-state index contributed by atoms with van der Waals surface area (Å²) in [6.45, 7) is 0. The minimum atomic E-state index is -0.280. The van der Waals surface area contributed by atoms with Gasteiger partial charge in [-0.25, -0.2) is 0 Å². The monoisotopic (exact) mass is 449 g/mol. The summed E-state index contributed by atoms with van der Waals surface area (Å²) in [5, 5.41) is 5.86. The molecule has 0 saturated carbocycles. The number of halogens is 3. The second-order valence-electron chi connectivity index (χ2n) is 5.71. The van der Waals surface area contributed by atoms with Crippen molar-refractivity contribution in [2.75, 3.05) is 0 Å². The molecule has 2 aromatic carbocycles.